The first-order chi connectivity index (χ1) is 12.3. The lowest BCUT2D eigenvalue weighted by Crippen LogP contribution is -2.29. The summed E-state index contributed by atoms with van der Waals surface area (Å²) in [6.45, 7) is 1.91. The zero-order valence-electron chi connectivity index (χ0n) is 13.9. The van der Waals surface area contributed by atoms with E-state index in [0.717, 1.165) is 23.8 Å². The summed E-state index contributed by atoms with van der Waals surface area (Å²) in [6, 6.07) is 8.02. The Kier molecular flexibility index (Phi) is 5.20. The molecule has 1 heterocycles. The van der Waals surface area contributed by atoms with Gasteiger partial charge < -0.3 is 11.1 Å². The maximum atomic E-state index is 14.2. The number of thioether (sulfide) groups is 1. The molecular weight excluding hydrogens is 380 g/mol. The Morgan fingerprint density at radius 3 is 2.69 bits per heavy atom. The maximum Gasteiger partial charge on any atom is 0.255 e. The van der Waals surface area contributed by atoms with Crippen LogP contribution in [0, 0.1) is 11.6 Å². The van der Waals surface area contributed by atoms with Crippen molar-refractivity contribution in [3.63, 3.8) is 0 Å². The number of aliphatic imine (C=N–C) groups is 1. The lowest BCUT2D eigenvalue weighted by molar-refractivity contribution is 0.102. The van der Waals surface area contributed by atoms with E-state index in [4.69, 9.17) is 17.3 Å². The first kappa shape index (κ1) is 18.7. The quantitative estimate of drug-likeness (QED) is 0.801. The molecule has 3 N–H and O–H groups in total. The first-order valence-corrected chi connectivity index (χ1v) is 9.19. The van der Waals surface area contributed by atoms with Crippen LogP contribution in [0.3, 0.4) is 0 Å². The number of carbonyl (C=O) groups excluding carboxylic acids is 1. The molecule has 0 aromatic heterocycles. The van der Waals surface area contributed by atoms with Crippen molar-refractivity contribution in [1.29, 1.82) is 0 Å². The average molecular weight is 396 g/mol. The average Bonchev–Trinajstić information content (AvgIpc) is 2.59. The predicted octanol–water partition coefficient (Wildman–Crippen LogP) is 4.54. The van der Waals surface area contributed by atoms with Crippen molar-refractivity contribution >= 4 is 40.1 Å². The number of carbonyl (C=O) groups is 1. The Morgan fingerprint density at radius 1 is 1.27 bits per heavy atom. The van der Waals surface area contributed by atoms with E-state index in [1.54, 1.807) is 12.1 Å². The normalized spacial score (nSPS) is 19.8. The third kappa shape index (κ3) is 3.83. The Labute approximate surface area is 158 Å². The smallest absolute Gasteiger partial charge is 0.255 e. The van der Waals surface area contributed by atoms with Crippen molar-refractivity contribution in [2.45, 2.75) is 18.9 Å². The topological polar surface area (TPSA) is 67.5 Å². The molecule has 2 aromatic carbocycles. The molecule has 0 saturated carbocycles. The van der Waals surface area contributed by atoms with E-state index in [1.165, 1.54) is 30.0 Å². The van der Waals surface area contributed by atoms with Crippen molar-refractivity contribution < 1.29 is 13.6 Å². The minimum atomic E-state index is -0.630. The monoisotopic (exact) mass is 395 g/mol. The van der Waals surface area contributed by atoms with Gasteiger partial charge in [-0.2, -0.15) is 0 Å². The largest absolute Gasteiger partial charge is 0.379 e. The van der Waals surface area contributed by atoms with Gasteiger partial charge >= 0.3 is 0 Å². The van der Waals surface area contributed by atoms with Crippen molar-refractivity contribution in [3.8, 4) is 0 Å². The maximum absolute atomic E-state index is 14.2. The van der Waals surface area contributed by atoms with Crippen LogP contribution in [-0.4, -0.2) is 16.8 Å². The lowest BCUT2D eigenvalue weighted by Gasteiger charge is -2.30. The number of nitrogens with zero attached hydrogens (tertiary/aromatic N) is 1. The van der Waals surface area contributed by atoms with Crippen molar-refractivity contribution in [3.05, 3.63) is 64.2 Å². The predicted molar refractivity (Wildman–Crippen MR) is 102 cm³/mol. The Morgan fingerprint density at radius 2 is 2.00 bits per heavy atom. The van der Waals surface area contributed by atoms with Crippen LogP contribution in [0.4, 0.5) is 14.5 Å². The van der Waals surface area contributed by atoms with Crippen molar-refractivity contribution in [1.82, 2.24) is 0 Å². The highest BCUT2D eigenvalue weighted by molar-refractivity contribution is 8.13. The van der Waals surface area contributed by atoms with Crippen LogP contribution in [0.5, 0.6) is 0 Å². The second kappa shape index (κ2) is 7.25. The van der Waals surface area contributed by atoms with Crippen LogP contribution in [0.2, 0.25) is 5.02 Å². The number of amides is 1. The molecule has 0 radical (unpaired) electrons. The number of hydrogen-bond acceptors (Lipinski definition) is 4. The fourth-order valence-corrected chi connectivity index (χ4v) is 3.84. The fraction of sp³-hybridized carbons (Fsp3) is 0.222. The lowest BCUT2D eigenvalue weighted by atomic mass is 9.89. The van der Waals surface area contributed by atoms with E-state index in [9.17, 15) is 13.6 Å². The van der Waals surface area contributed by atoms with E-state index < -0.39 is 23.1 Å². The highest BCUT2D eigenvalue weighted by Crippen LogP contribution is 2.36. The second-order valence-corrected chi connectivity index (χ2v) is 7.62. The molecule has 0 saturated heterocycles. The molecule has 0 fully saturated rings. The van der Waals surface area contributed by atoms with Gasteiger partial charge in [0.2, 0.25) is 0 Å². The summed E-state index contributed by atoms with van der Waals surface area (Å²) in [7, 11) is 0. The van der Waals surface area contributed by atoms with Crippen LogP contribution in [0.15, 0.2) is 41.4 Å². The van der Waals surface area contributed by atoms with Gasteiger partial charge in [-0.3, -0.25) is 9.79 Å². The van der Waals surface area contributed by atoms with Crippen LogP contribution < -0.4 is 11.1 Å². The summed E-state index contributed by atoms with van der Waals surface area (Å²) in [4.78, 5) is 16.8. The third-order valence-corrected chi connectivity index (χ3v) is 5.30. The van der Waals surface area contributed by atoms with E-state index >= 15 is 0 Å². The highest BCUT2D eigenvalue weighted by atomic mass is 35.5. The molecule has 0 aliphatic carbocycles. The van der Waals surface area contributed by atoms with E-state index in [-0.39, 0.29) is 16.3 Å². The van der Waals surface area contributed by atoms with Gasteiger partial charge in [-0.1, -0.05) is 29.4 Å². The molecular formula is C18H16ClF2N3OS. The molecule has 4 nitrogen and oxygen atoms in total. The van der Waals surface area contributed by atoms with Crippen LogP contribution in [-0.2, 0) is 5.54 Å². The molecule has 26 heavy (non-hydrogen) atoms. The molecule has 0 spiro atoms. The van der Waals surface area contributed by atoms with Crippen molar-refractivity contribution in [2.24, 2.45) is 10.7 Å². The Bertz CT molecular complexity index is 906. The van der Waals surface area contributed by atoms with E-state index in [0.29, 0.717) is 5.17 Å². The zero-order chi connectivity index (χ0) is 18.9. The summed E-state index contributed by atoms with van der Waals surface area (Å²) in [5, 5.41) is 2.81. The molecule has 1 unspecified atom stereocenters. The molecule has 1 amide bonds. The van der Waals surface area contributed by atoms with Crippen LogP contribution in [0.1, 0.15) is 29.3 Å². The second-order valence-electron chi connectivity index (χ2n) is 6.10. The third-order valence-electron chi connectivity index (χ3n) is 4.21. The number of anilines is 1. The Hall–Kier alpha value is -2.12. The summed E-state index contributed by atoms with van der Waals surface area (Å²) < 4.78 is 27.4. The molecule has 1 atom stereocenters. The van der Waals surface area contributed by atoms with Gasteiger partial charge in [0.1, 0.15) is 11.6 Å². The van der Waals surface area contributed by atoms with Gasteiger partial charge in [-0.25, -0.2) is 8.78 Å². The molecule has 2 aromatic rings. The van der Waals surface area contributed by atoms with Crippen LogP contribution in [0.25, 0.3) is 0 Å². The van der Waals surface area contributed by atoms with Gasteiger partial charge in [0.05, 0.1) is 16.2 Å². The van der Waals surface area contributed by atoms with Crippen LogP contribution >= 0.6 is 23.4 Å². The van der Waals surface area contributed by atoms with Gasteiger partial charge in [0.15, 0.2) is 5.17 Å². The summed E-state index contributed by atoms with van der Waals surface area (Å²) in [6.07, 6.45) is 0.741. The van der Waals surface area contributed by atoms with E-state index in [2.05, 4.69) is 10.3 Å². The van der Waals surface area contributed by atoms with Crippen molar-refractivity contribution in [2.75, 3.05) is 11.1 Å². The summed E-state index contributed by atoms with van der Waals surface area (Å²) >= 11 is 7.17. The fourth-order valence-electron chi connectivity index (χ4n) is 2.68. The molecule has 0 bridgehead atoms. The highest BCUT2D eigenvalue weighted by Gasteiger charge is 2.30. The molecule has 1 aliphatic heterocycles. The number of nitrogens with two attached hydrogens (primary N) is 1. The molecule has 8 heteroatoms. The van der Waals surface area contributed by atoms with Gasteiger partial charge in [0, 0.05) is 11.3 Å². The van der Waals surface area contributed by atoms with Gasteiger partial charge in [-0.15, -0.1) is 0 Å². The minimum Gasteiger partial charge on any atom is -0.379 e. The summed E-state index contributed by atoms with van der Waals surface area (Å²) in [5.41, 5.74) is 6.13. The number of halogens is 3. The zero-order valence-corrected chi connectivity index (χ0v) is 15.4. The number of amidine groups is 1. The number of hydrogen-bond donors (Lipinski definition) is 2. The van der Waals surface area contributed by atoms with Gasteiger partial charge in [0.25, 0.3) is 5.91 Å². The Balaban J connectivity index is 1.89. The molecule has 1 aliphatic rings. The molecule has 136 valence electrons. The van der Waals surface area contributed by atoms with Gasteiger partial charge in [-0.05, 0) is 49.2 Å². The SMILES string of the molecule is CC1(c2ccc(F)c(NC(=O)c3ccc(F)c(Cl)c3)c2)CCSC(N)=N1. The first-order valence-electron chi connectivity index (χ1n) is 7.83. The standard InChI is InChI=1S/C18H16ClF2N3OS/c1-18(6-7-26-17(22)24-18)11-3-5-14(21)15(9-11)23-16(25)10-2-4-13(20)12(19)8-10/h2-5,8-9H,6-7H2,1H3,(H2,22,24)(H,23,25). The number of nitrogens with one attached hydrogen (secondary N) is 1. The minimum absolute atomic E-state index is 0.0150. The molecule has 3 rings (SSSR count). The summed E-state index contributed by atoms with van der Waals surface area (Å²) in [5.74, 6) is -0.995. The number of benzene rings is 2. The number of rotatable bonds is 3. The van der Waals surface area contributed by atoms with E-state index in [1.807, 2.05) is 6.92 Å².